The number of rotatable bonds is 5. The van der Waals surface area contributed by atoms with E-state index in [0.717, 1.165) is 11.3 Å². The summed E-state index contributed by atoms with van der Waals surface area (Å²) in [5.74, 6) is 0.932. The summed E-state index contributed by atoms with van der Waals surface area (Å²) < 4.78 is 10.4. The molecule has 0 aliphatic carbocycles. The van der Waals surface area contributed by atoms with E-state index in [2.05, 4.69) is 5.32 Å². The lowest BCUT2D eigenvalue weighted by Gasteiger charge is -2.15. The maximum Gasteiger partial charge on any atom is 0.124 e. The number of aliphatic hydroxyl groups is 1. The molecule has 0 amide bonds. The Morgan fingerprint density at radius 1 is 1.56 bits per heavy atom. The molecule has 0 bridgehead atoms. The number of benzene rings is 1. The van der Waals surface area contributed by atoms with Crippen LogP contribution in [0.4, 0.5) is 0 Å². The minimum absolute atomic E-state index is 0.169. The van der Waals surface area contributed by atoms with E-state index in [1.807, 2.05) is 24.3 Å². The predicted molar refractivity (Wildman–Crippen MR) is 60.6 cm³/mol. The topological polar surface area (TPSA) is 50.7 Å². The van der Waals surface area contributed by atoms with Crippen LogP contribution in [0.1, 0.15) is 11.6 Å². The Kier molecular flexibility index (Phi) is 3.77. The van der Waals surface area contributed by atoms with Crippen LogP contribution in [0.2, 0.25) is 0 Å². The molecule has 4 nitrogen and oxygen atoms in total. The average Bonchev–Trinajstić information content (AvgIpc) is 2.70. The van der Waals surface area contributed by atoms with Gasteiger partial charge in [-0.25, -0.2) is 0 Å². The number of hydrogen-bond donors (Lipinski definition) is 2. The first-order valence-electron chi connectivity index (χ1n) is 5.43. The van der Waals surface area contributed by atoms with Crippen LogP contribution in [-0.2, 0) is 4.74 Å². The van der Waals surface area contributed by atoms with Gasteiger partial charge in [0.25, 0.3) is 0 Å². The molecule has 0 fully saturated rings. The lowest BCUT2D eigenvalue weighted by Crippen LogP contribution is -2.33. The molecule has 16 heavy (non-hydrogen) atoms. The summed E-state index contributed by atoms with van der Waals surface area (Å²) in [5.41, 5.74) is 1.16. The predicted octanol–water partition coefficient (Wildman–Crippen LogP) is 0.717. The van der Waals surface area contributed by atoms with Crippen molar-refractivity contribution in [3.8, 4) is 5.75 Å². The quantitative estimate of drug-likeness (QED) is 0.772. The Bertz CT molecular complexity index is 343. The van der Waals surface area contributed by atoms with Gasteiger partial charge in [-0.05, 0) is 6.07 Å². The van der Waals surface area contributed by atoms with Crippen molar-refractivity contribution in [1.29, 1.82) is 0 Å². The zero-order valence-corrected chi connectivity index (χ0v) is 9.35. The number of ether oxygens (including phenoxy) is 2. The molecule has 1 heterocycles. The second-order valence-electron chi connectivity index (χ2n) is 3.92. The molecule has 0 aromatic heterocycles. The molecule has 4 heteroatoms. The van der Waals surface area contributed by atoms with Crippen molar-refractivity contribution in [2.75, 3.05) is 26.9 Å². The van der Waals surface area contributed by atoms with Crippen LogP contribution >= 0.6 is 0 Å². The highest BCUT2D eigenvalue weighted by Crippen LogP contribution is 2.31. The summed E-state index contributed by atoms with van der Waals surface area (Å²) in [6, 6.07) is 8.13. The third-order valence-corrected chi connectivity index (χ3v) is 2.66. The van der Waals surface area contributed by atoms with Crippen molar-refractivity contribution < 1.29 is 14.6 Å². The smallest absolute Gasteiger partial charge is 0.124 e. The monoisotopic (exact) mass is 223 g/mol. The third kappa shape index (κ3) is 2.52. The van der Waals surface area contributed by atoms with Gasteiger partial charge in [-0.1, -0.05) is 18.2 Å². The maximum absolute atomic E-state index is 9.53. The summed E-state index contributed by atoms with van der Waals surface area (Å²) in [6.45, 7) is 1.48. The van der Waals surface area contributed by atoms with Gasteiger partial charge in [-0.15, -0.1) is 0 Å². The van der Waals surface area contributed by atoms with E-state index in [1.54, 1.807) is 7.11 Å². The molecule has 2 unspecified atom stereocenters. The van der Waals surface area contributed by atoms with Crippen LogP contribution in [-0.4, -0.2) is 38.1 Å². The van der Waals surface area contributed by atoms with Gasteiger partial charge >= 0.3 is 0 Å². The van der Waals surface area contributed by atoms with Crippen molar-refractivity contribution in [3.05, 3.63) is 29.8 Å². The molecule has 1 aromatic rings. The molecule has 1 aliphatic heterocycles. The first kappa shape index (κ1) is 11.4. The van der Waals surface area contributed by atoms with Crippen LogP contribution in [0, 0.1) is 0 Å². The van der Waals surface area contributed by atoms with Gasteiger partial charge in [0.15, 0.2) is 0 Å². The number of aliphatic hydroxyl groups excluding tert-OH is 1. The van der Waals surface area contributed by atoms with Crippen LogP contribution in [0.5, 0.6) is 5.75 Å². The van der Waals surface area contributed by atoms with Gasteiger partial charge in [0.2, 0.25) is 0 Å². The van der Waals surface area contributed by atoms with E-state index in [0.29, 0.717) is 19.8 Å². The largest absolute Gasteiger partial charge is 0.491 e. The number of methoxy groups -OCH3 is 1. The molecule has 0 spiro atoms. The Hall–Kier alpha value is -1.10. The fourth-order valence-corrected chi connectivity index (χ4v) is 1.86. The van der Waals surface area contributed by atoms with Gasteiger partial charge in [-0.2, -0.15) is 0 Å². The van der Waals surface area contributed by atoms with Crippen LogP contribution in [0.3, 0.4) is 0 Å². The highest BCUT2D eigenvalue weighted by molar-refractivity contribution is 5.39. The summed E-state index contributed by atoms with van der Waals surface area (Å²) in [5, 5.41) is 12.8. The Balaban J connectivity index is 1.88. The van der Waals surface area contributed by atoms with Gasteiger partial charge < -0.3 is 19.9 Å². The lowest BCUT2D eigenvalue weighted by atomic mass is 10.1. The molecular formula is C12H17NO3. The first-order valence-corrected chi connectivity index (χ1v) is 5.43. The molecule has 88 valence electrons. The van der Waals surface area contributed by atoms with Crippen LogP contribution in [0.25, 0.3) is 0 Å². The van der Waals surface area contributed by atoms with E-state index >= 15 is 0 Å². The zero-order chi connectivity index (χ0) is 11.4. The second kappa shape index (κ2) is 5.30. The Labute approximate surface area is 95.2 Å². The molecule has 0 saturated heterocycles. The Morgan fingerprint density at radius 2 is 2.38 bits per heavy atom. The maximum atomic E-state index is 9.53. The molecule has 0 saturated carbocycles. The first-order chi connectivity index (χ1) is 7.81. The fraction of sp³-hybridized carbons (Fsp3) is 0.500. The fourth-order valence-electron chi connectivity index (χ4n) is 1.86. The van der Waals surface area contributed by atoms with Crippen molar-refractivity contribution in [2.45, 2.75) is 12.1 Å². The van der Waals surface area contributed by atoms with Crippen molar-refractivity contribution in [2.24, 2.45) is 0 Å². The molecular weight excluding hydrogens is 206 g/mol. The number of fused-ring (bicyclic) bond motifs is 1. The van der Waals surface area contributed by atoms with Crippen molar-refractivity contribution >= 4 is 0 Å². The average molecular weight is 223 g/mol. The van der Waals surface area contributed by atoms with E-state index in [1.165, 1.54) is 0 Å². The summed E-state index contributed by atoms with van der Waals surface area (Å²) in [7, 11) is 1.58. The Morgan fingerprint density at radius 3 is 3.19 bits per heavy atom. The molecule has 0 radical (unpaired) electrons. The molecule has 2 atom stereocenters. The number of nitrogens with one attached hydrogen (secondary N) is 1. The summed E-state index contributed by atoms with van der Waals surface area (Å²) in [4.78, 5) is 0. The third-order valence-electron chi connectivity index (χ3n) is 2.66. The second-order valence-corrected chi connectivity index (χ2v) is 3.92. The van der Waals surface area contributed by atoms with Gasteiger partial charge in [-0.3, -0.25) is 0 Å². The van der Waals surface area contributed by atoms with E-state index in [4.69, 9.17) is 9.47 Å². The number of para-hydroxylation sites is 1. The minimum Gasteiger partial charge on any atom is -0.491 e. The normalized spacial score (nSPS) is 20.2. The minimum atomic E-state index is -0.474. The highest BCUT2D eigenvalue weighted by atomic mass is 16.5. The summed E-state index contributed by atoms with van der Waals surface area (Å²) >= 11 is 0. The van der Waals surface area contributed by atoms with E-state index < -0.39 is 6.10 Å². The van der Waals surface area contributed by atoms with E-state index in [9.17, 15) is 5.11 Å². The van der Waals surface area contributed by atoms with Crippen molar-refractivity contribution in [1.82, 2.24) is 5.32 Å². The molecule has 1 aromatic carbocycles. The van der Waals surface area contributed by atoms with E-state index in [-0.39, 0.29) is 6.04 Å². The molecule has 2 N–H and O–H groups in total. The van der Waals surface area contributed by atoms with Gasteiger partial charge in [0.1, 0.15) is 12.4 Å². The lowest BCUT2D eigenvalue weighted by molar-refractivity contribution is 0.0621. The standard InChI is InChI=1S/C12H17NO3/c1-15-7-9(14)6-13-11-8-16-12-5-3-2-4-10(11)12/h2-5,9,11,13-14H,6-8H2,1H3. The van der Waals surface area contributed by atoms with Gasteiger partial charge in [0, 0.05) is 19.2 Å². The zero-order valence-electron chi connectivity index (χ0n) is 9.35. The molecule has 1 aliphatic rings. The van der Waals surface area contributed by atoms with Crippen LogP contribution in [0.15, 0.2) is 24.3 Å². The van der Waals surface area contributed by atoms with Gasteiger partial charge in [0.05, 0.1) is 18.8 Å². The summed E-state index contributed by atoms with van der Waals surface area (Å²) in [6.07, 6.45) is -0.474. The number of hydrogen-bond acceptors (Lipinski definition) is 4. The van der Waals surface area contributed by atoms with Crippen molar-refractivity contribution in [3.63, 3.8) is 0 Å². The SMILES string of the molecule is COCC(O)CNC1COc2ccccc21. The highest BCUT2D eigenvalue weighted by Gasteiger charge is 2.23. The molecule has 2 rings (SSSR count). The van der Waals surface area contributed by atoms with Crippen LogP contribution < -0.4 is 10.1 Å².